The second-order valence-electron chi connectivity index (χ2n) is 10.3. The summed E-state index contributed by atoms with van der Waals surface area (Å²) >= 11 is 6.51. The van der Waals surface area contributed by atoms with Gasteiger partial charge in [0.2, 0.25) is 0 Å². The lowest BCUT2D eigenvalue weighted by molar-refractivity contribution is 0.0306. The predicted molar refractivity (Wildman–Crippen MR) is 163 cm³/mol. The molecule has 0 radical (unpaired) electrons. The molecule has 4 aromatic rings. The summed E-state index contributed by atoms with van der Waals surface area (Å²) in [7, 11) is -2.99. The highest BCUT2D eigenvalue weighted by Crippen LogP contribution is 2.40. The van der Waals surface area contributed by atoms with Gasteiger partial charge in [-0.2, -0.15) is 0 Å². The molecule has 11 heteroatoms. The number of halogens is 2. The first-order valence-corrected chi connectivity index (χ1v) is 16.0. The zero-order valence-corrected chi connectivity index (χ0v) is 24.7. The van der Waals surface area contributed by atoms with Gasteiger partial charge >= 0.3 is 0 Å². The third-order valence-electron chi connectivity index (χ3n) is 7.06. The summed E-state index contributed by atoms with van der Waals surface area (Å²) in [5, 5.41) is 7.80. The summed E-state index contributed by atoms with van der Waals surface area (Å²) in [6.07, 6.45) is 8.79. The molecule has 2 heterocycles. The minimum Gasteiger partial charge on any atom is -0.490 e. The highest BCUT2D eigenvalue weighted by molar-refractivity contribution is 7.90. The van der Waals surface area contributed by atoms with E-state index in [0.29, 0.717) is 35.2 Å². The Balaban J connectivity index is 1.29. The highest BCUT2D eigenvalue weighted by atomic mass is 35.5. The Labute approximate surface area is 249 Å². The molecule has 5 rings (SSSR count). The van der Waals surface area contributed by atoms with Gasteiger partial charge in [-0.1, -0.05) is 29.8 Å². The van der Waals surface area contributed by atoms with Gasteiger partial charge in [-0.25, -0.2) is 22.8 Å². The quantitative estimate of drug-likeness (QED) is 0.170. The van der Waals surface area contributed by atoms with Crippen LogP contribution in [0, 0.1) is 5.82 Å². The molecule has 0 saturated carbocycles. The Bertz CT molecular complexity index is 1690. The lowest BCUT2D eigenvalue weighted by atomic mass is 9.86. The fourth-order valence-electron chi connectivity index (χ4n) is 4.90. The number of fused-ring (bicyclic) bond motifs is 1. The molecule has 0 aliphatic carbocycles. The fraction of sp³-hybridized carbons (Fsp3) is 0.290. The topological polar surface area (TPSA) is 102 Å². The summed E-state index contributed by atoms with van der Waals surface area (Å²) < 4.78 is 48.2. The van der Waals surface area contributed by atoms with Gasteiger partial charge in [0.15, 0.2) is 0 Å². The minimum atomic E-state index is -2.99. The standard InChI is InChI=1S/C31H32ClFN4O4S/c1-42(38,39)16-14-34-13-3-11-31(12-4-15-41-31)23-7-9-28-26(18-23)30(36-21-35-28)37-25-8-10-29(27(32)19-25)40-20-22-5-2-6-24(33)17-22/h2,4-10,15,17-19,21,34H,3,11-14,16,20H2,1H3,(H,35,36,37). The van der Waals surface area contributed by atoms with Crippen LogP contribution in [0.15, 0.2) is 79.3 Å². The second-order valence-corrected chi connectivity index (χ2v) is 13.0. The number of anilines is 2. The van der Waals surface area contributed by atoms with Crippen LogP contribution in [0.3, 0.4) is 0 Å². The molecule has 1 aliphatic heterocycles. The summed E-state index contributed by atoms with van der Waals surface area (Å²) in [6, 6.07) is 17.6. The molecule has 1 unspecified atom stereocenters. The molecule has 0 spiro atoms. The molecule has 1 atom stereocenters. The molecule has 2 N–H and O–H groups in total. The lowest BCUT2D eigenvalue weighted by Gasteiger charge is -2.30. The summed E-state index contributed by atoms with van der Waals surface area (Å²) in [4.78, 5) is 8.94. The van der Waals surface area contributed by atoms with Crippen molar-refractivity contribution in [3.05, 3.63) is 101 Å². The molecule has 42 heavy (non-hydrogen) atoms. The van der Waals surface area contributed by atoms with Gasteiger partial charge in [0.25, 0.3) is 0 Å². The van der Waals surface area contributed by atoms with E-state index in [1.165, 1.54) is 24.7 Å². The Kier molecular flexibility index (Phi) is 9.25. The van der Waals surface area contributed by atoms with Crippen molar-refractivity contribution in [3.63, 3.8) is 0 Å². The van der Waals surface area contributed by atoms with E-state index in [1.807, 2.05) is 24.3 Å². The van der Waals surface area contributed by atoms with E-state index in [9.17, 15) is 12.8 Å². The van der Waals surface area contributed by atoms with Gasteiger partial charge in [-0.15, -0.1) is 0 Å². The van der Waals surface area contributed by atoms with Crippen LogP contribution in [0.4, 0.5) is 15.9 Å². The smallest absolute Gasteiger partial charge is 0.148 e. The molecule has 0 fully saturated rings. The van der Waals surface area contributed by atoms with Crippen LogP contribution in [0.5, 0.6) is 5.75 Å². The summed E-state index contributed by atoms with van der Waals surface area (Å²) in [6.45, 7) is 1.31. The van der Waals surface area contributed by atoms with Gasteiger partial charge in [0.05, 0.1) is 22.6 Å². The SMILES string of the molecule is CS(=O)(=O)CCNCCCC1(c2ccc3ncnc(Nc4ccc(OCc5cccc(F)c5)c(Cl)c4)c3c2)CC=CO1. The van der Waals surface area contributed by atoms with E-state index in [0.717, 1.165) is 41.4 Å². The average Bonchev–Trinajstić information content (AvgIpc) is 3.44. The third-order valence-corrected chi connectivity index (χ3v) is 8.30. The first-order valence-electron chi connectivity index (χ1n) is 13.6. The van der Waals surface area contributed by atoms with Gasteiger partial charge in [-0.05, 0) is 79.1 Å². The monoisotopic (exact) mass is 610 g/mol. The molecule has 0 saturated heterocycles. The Morgan fingerprint density at radius 1 is 1.10 bits per heavy atom. The van der Waals surface area contributed by atoms with Crippen LogP contribution >= 0.6 is 11.6 Å². The number of rotatable bonds is 13. The molecular weight excluding hydrogens is 579 g/mol. The van der Waals surface area contributed by atoms with Gasteiger partial charge in [0, 0.05) is 30.3 Å². The van der Waals surface area contributed by atoms with Crippen LogP contribution in [0.1, 0.15) is 30.4 Å². The minimum absolute atomic E-state index is 0.118. The van der Waals surface area contributed by atoms with E-state index >= 15 is 0 Å². The maximum Gasteiger partial charge on any atom is 0.148 e. The van der Waals surface area contributed by atoms with Crippen molar-refractivity contribution in [1.82, 2.24) is 15.3 Å². The second kappa shape index (κ2) is 13.1. The molecular formula is C31H32ClFN4O4S. The largest absolute Gasteiger partial charge is 0.490 e. The van der Waals surface area contributed by atoms with Crippen LogP contribution < -0.4 is 15.4 Å². The number of benzene rings is 3. The molecule has 3 aromatic carbocycles. The van der Waals surface area contributed by atoms with Crippen molar-refractivity contribution in [2.24, 2.45) is 0 Å². The van der Waals surface area contributed by atoms with Gasteiger partial charge in [0.1, 0.15) is 45.8 Å². The number of hydrogen-bond acceptors (Lipinski definition) is 8. The number of hydrogen-bond donors (Lipinski definition) is 2. The van der Waals surface area contributed by atoms with Crippen molar-refractivity contribution >= 4 is 43.8 Å². The highest BCUT2D eigenvalue weighted by Gasteiger charge is 2.35. The van der Waals surface area contributed by atoms with Crippen molar-refractivity contribution < 1.29 is 22.3 Å². The van der Waals surface area contributed by atoms with E-state index in [2.05, 4.69) is 26.7 Å². The number of nitrogens with zero attached hydrogens (tertiary/aromatic N) is 2. The van der Waals surface area contributed by atoms with Crippen LogP contribution in [-0.2, 0) is 26.8 Å². The summed E-state index contributed by atoms with van der Waals surface area (Å²) in [5.41, 5.74) is 2.69. The van der Waals surface area contributed by atoms with Gasteiger partial charge in [-0.3, -0.25) is 0 Å². The van der Waals surface area contributed by atoms with Crippen molar-refractivity contribution in [2.45, 2.75) is 31.5 Å². The van der Waals surface area contributed by atoms with Crippen molar-refractivity contribution in [1.29, 1.82) is 0 Å². The summed E-state index contributed by atoms with van der Waals surface area (Å²) in [5.74, 6) is 0.907. The zero-order chi connectivity index (χ0) is 29.6. The Morgan fingerprint density at radius 2 is 1.98 bits per heavy atom. The molecule has 0 bridgehead atoms. The zero-order valence-electron chi connectivity index (χ0n) is 23.1. The Hall–Kier alpha value is -3.73. The molecule has 220 valence electrons. The maximum absolute atomic E-state index is 13.5. The van der Waals surface area contributed by atoms with Crippen LogP contribution in [0.2, 0.25) is 5.02 Å². The average molecular weight is 611 g/mol. The normalized spacial score (nSPS) is 16.5. The van der Waals surface area contributed by atoms with Crippen molar-refractivity contribution in [2.75, 3.05) is 30.4 Å². The molecule has 1 aliphatic rings. The Morgan fingerprint density at radius 3 is 2.74 bits per heavy atom. The van der Waals surface area contributed by atoms with Crippen LogP contribution in [0.25, 0.3) is 10.9 Å². The van der Waals surface area contributed by atoms with E-state index in [-0.39, 0.29) is 18.2 Å². The van der Waals surface area contributed by atoms with E-state index in [4.69, 9.17) is 21.1 Å². The van der Waals surface area contributed by atoms with Gasteiger partial charge < -0.3 is 20.1 Å². The molecule has 0 amide bonds. The molecule has 8 nitrogen and oxygen atoms in total. The number of aromatic nitrogens is 2. The first kappa shape index (κ1) is 29.8. The number of ether oxygens (including phenoxy) is 2. The number of sulfone groups is 1. The lowest BCUT2D eigenvalue weighted by Crippen LogP contribution is -2.28. The van der Waals surface area contributed by atoms with Crippen LogP contribution in [-0.4, -0.2) is 43.5 Å². The third kappa shape index (κ3) is 7.56. The van der Waals surface area contributed by atoms with E-state index in [1.54, 1.807) is 30.5 Å². The maximum atomic E-state index is 13.5. The number of nitrogens with one attached hydrogen (secondary N) is 2. The predicted octanol–water partition coefficient (Wildman–Crippen LogP) is 6.29. The fourth-order valence-corrected chi connectivity index (χ4v) is 5.65. The van der Waals surface area contributed by atoms with Crippen molar-refractivity contribution in [3.8, 4) is 5.75 Å². The first-order chi connectivity index (χ1) is 20.2. The van der Waals surface area contributed by atoms with E-state index < -0.39 is 15.4 Å². The molecule has 1 aromatic heterocycles.